The zero-order chi connectivity index (χ0) is 13.2. The van der Waals surface area contributed by atoms with Gasteiger partial charge < -0.3 is 20.5 Å². The van der Waals surface area contributed by atoms with Gasteiger partial charge in [-0.2, -0.15) is 4.73 Å². The lowest BCUT2D eigenvalue weighted by atomic mass is 10.1. The smallest absolute Gasteiger partial charge is 0.335 e. The minimum Gasteiger partial charge on any atom is -0.619 e. The van der Waals surface area contributed by atoms with Gasteiger partial charge in [-0.25, -0.2) is 4.79 Å². The molecule has 1 rings (SSSR count). The summed E-state index contributed by atoms with van der Waals surface area (Å²) in [5.41, 5.74) is -1.22. The van der Waals surface area contributed by atoms with Crippen LogP contribution in [0.25, 0.3) is 0 Å². The van der Waals surface area contributed by atoms with E-state index in [0.717, 1.165) is 12.3 Å². The van der Waals surface area contributed by atoms with Crippen molar-refractivity contribution >= 4 is 11.7 Å². The van der Waals surface area contributed by atoms with Crippen LogP contribution in [0.3, 0.4) is 0 Å². The van der Waals surface area contributed by atoms with Gasteiger partial charge in [-0.15, -0.1) is 0 Å². The zero-order valence-electron chi connectivity index (χ0n) is 8.26. The first-order valence-electron chi connectivity index (χ1n) is 4.30. The number of rotatable bonds is 4. The minimum atomic E-state index is -2.25. The Bertz CT molecular complexity index is 461. The third-order valence-electron chi connectivity index (χ3n) is 2.01. The van der Waals surface area contributed by atoms with Crippen molar-refractivity contribution in [3.8, 4) is 0 Å². The number of aliphatic carboxylic acids is 1. The minimum absolute atomic E-state index is 0.153. The molecule has 2 unspecified atom stereocenters. The number of carbonyl (C=O) groups is 1. The van der Waals surface area contributed by atoms with E-state index >= 15 is 0 Å². The molecule has 17 heavy (non-hydrogen) atoms. The van der Waals surface area contributed by atoms with Gasteiger partial charge in [-0.3, -0.25) is 10.1 Å². The largest absolute Gasteiger partial charge is 0.619 e. The van der Waals surface area contributed by atoms with Crippen molar-refractivity contribution in [3.63, 3.8) is 0 Å². The molecule has 0 aliphatic rings. The van der Waals surface area contributed by atoms with E-state index in [1.54, 1.807) is 0 Å². The van der Waals surface area contributed by atoms with Gasteiger partial charge in [-0.1, -0.05) is 0 Å². The summed E-state index contributed by atoms with van der Waals surface area (Å²) in [5.74, 6) is -1.76. The van der Waals surface area contributed by atoms with Crippen LogP contribution in [0.1, 0.15) is 11.7 Å². The molecule has 0 aromatic carbocycles. The first kappa shape index (κ1) is 12.8. The van der Waals surface area contributed by atoms with Gasteiger partial charge >= 0.3 is 5.97 Å². The van der Waals surface area contributed by atoms with E-state index in [4.69, 9.17) is 10.2 Å². The Morgan fingerprint density at radius 3 is 2.53 bits per heavy atom. The molecular formula is C8H8N2O7. The Balaban J connectivity index is 3.23. The summed E-state index contributed by atoms with van der Waals surface area (Å²) in [4.78, 5) is 20.1. The molecule has 0 aliphatic heterocycles. The van der Waals surface area contributed by atoms with E-state index in [-0.39, 0.29) is 4.73 Å². The lowest BCUT2D eigenvalue weighted by Gasteiger charge is -2.13. The molecule has 1 aromatic heterocycles. The third kappa shape index (κ3) is 2.65. The van der Waals surface area contributed by atoms with Crippen molar-refractivity contribution in [1.29, 1.82) is 0 Å². The number of hydrogen-bond donors (Lipinski definition) is 3. The standard InChI is InChI=1S/C8H8N2O7/c11-6(7(12)8(13)14)4-3-9(15)2-1-5(4)10(16)17/h1-3,6-7,11-12H,(H,13,14). The van der Waals surface area contributed by atoms with Gasteiger partial charge in [0.1, 0.15) is 11.7 Å². The quantitative estimate of drug-likeness (QED) is 0.258. The molecule has 9 nitrogen and oxygen atoms in total. The second-order valence-electron chi connectivity index (χ2n) is 3.13. The lowest BCUT2D eigenvalue weighted by Crippen LogP contribution is -2.32. The monoisotopic (exact) mass is 244 g/mol. The van der Waals surface area contributed by atoms with E-state index in [9.17, 15) is 25.2 Å². The van der Waals surface area contributed by atoms with Crippen molar-refractivity contribution in [2.24, 2.45) is 0 Å². The molecule has 0 saturated carbocycles. The van der Waals surface area contributed by atoms with Gasteiger partial charge in [0, 0.05) is 0 Å². The van der Waals surface area contributed by atoms with E-state index in [1.165, 1.54) is 0 Å². The second-order valence-corrected chi connectivity index (χ2v) is 3.13. The summed E-state index contributed by atoms with van der Waals surface area (Å²) in [5, 5.41) is 48.4. The van der Waals surface area contributed by atoms with E-state index in [1.807, 2.05) is 0 Å². The van der Waals surface area contributed by atoms with Crippen LogP contribution < -0.4 is 4.73 Å². The van der Waals surface area contributed by atoms with Crippen molar-refractivity contribution in [2.45, 2.75) is 12.2 Å². The highest BCUT2D eigenvalue weighted by molar-refractivity contribution is 5.73. The zero-order valence-corrected chi connectivity index (χ0v) is 8.26. The predicted octanol–water partition coefficient (Wildman–Crippen LogP) is -1.29. The number of aromatic nitrogens is 1. The van der Waals surface area contributed by atoms with Gasteiger partial charge in [0.15, 0.2) is 18.5 Å². The number of nitrogens with zero attached hydrogens (tertiary/aromatic N) is 2. The maximum atomic E-state index is 10.9. The van der Waals surface area contributed by atoms with Gasteiger partial charge in [0.2, 0.25) is 0 Å². The topological polar surface area (TPSA) is 148 Å². The average molecular weight is 244 g/mol. The maximum absolute atomic E-state index is 10.9. The van der Waals surface area contributed by atoms with Crippen LogP contribution in [0, 0.1) is 15.3 Å². The molecule has 0 fully saturated rings. The molecule has 2 atom stereocenters. The fraction of sp³-hybridized carbons (Fsp3) is 0.250. The Hall–Kier alpha value is -2.26. The average Bonchev–Trinajstić information content (AvgIpc) is 2.26. The van der Waals surface area contributed by atoms with E-state index in [2.05, 4.69) is 0 Å². The first-order valence-corrected chi connectivity index (χ1v) is 4.30. The number of aliphatic hydroxyl groups is 2. The van der Waals surface area contributed by atoms with Gasteiger partial charge in [0.25, 0.3) is 5.69 Å². The first-order chi connectivity index (χ1) is 7.84. The summed E-state index contributed by atoms with van der Waals surface area (Å²) in [7, 11) is 0. The van der Waals surface area contributed by atoms with Crippen molar-refractivity contribution < 1.29 is 29.8 Å². The highest BCUT2D eigenvalue weighted by Gasteiger charge is 2.32. The number of nitro groups is 1. The van der Waals surface area contributed by atoms with Crippen LogP contribution in [0.15, 0.2) is 18.5 Å². The molecule has 9 heteroatoms. The molecule has 0 spiro atoms. The van der Waals surface area contributed by atoms with Crippen LogP contribution in [0.4, 0.5) is 5.69 Å². The Morgan fingerprint density at radius 2 is 2.06 bits per heavy atom. The fourth-order valence-corrected chi connectivity index (χ4v) is 1.19. The second kappa shape index (κ2) is 4.72. The SMILES string of the molecule is O=C(O)C(O)C(O)c1c[n+]([O-])ccc1[N+](=O)[O-]. The van der Waals surface area contributed by atoms with Crippen LogP contribution in [-0.4, -0.2) is 32.3 Å². The third-order valence-corrected chi connectivity index (χ3v) is 2.01. The highest BCUT2D eigenvalue weighted by atomic mass is 16.6. The van der Waals surface area contributed by atoms with Crippen LogP contribution in [0.2, 0.25) is 0 Å². The van der Waals surface area contributed by atoms with E-state index < -0.39 is 34.4 Å². The van der Waals surface area contributed by atoms with Crippen LogP contribution in [0.5, 0.6) is 0 Å². The van der Waals surface area contributed by atoms with Gasteiger partial charge in [-0.05, 0) is 0 Å². The number of aliphatic hydroxyl groups excluding tert-OH is 2. The van der Waals surface area contributed by atoms with Gasteiger partial charge in [0.05, 0.1) is 11.0 Å². The predicted molar refractivity (Wildman–Crippen MR) is 50.7 cm³/mol. The molecule has 0 radical (unpaired) electrons. The van der Waals surface area contributed by atoms with Crippen LogP contribution in [-0.2, 0) is 4.79 Å². The molecule has 0 saturated heterocycles. The Kier molecular flexibility index (Phi) is 3.55. The molecule has 1 heterocycles. The van der Waals surface area contributed by atoms with E-state index in [0.29, 0.717) is 6.20 Å². The lowest BCUT2D eigenvalue weighted by molar-refractivity contribution is -0.606. The number of carboxylic acids is 1. The number of carboxylic acid groups (broad SMARTS) is 1. The Labute approximate surface area is 93.9 Å². The fourth-order valence-electron chi connectivity index (χ4n) is 1.19. The molecule has 92 valence electrons. The van der Waals surface area contributed by atoms with Crippen molar-refractivity contribution in [1.82, 2.24) is 0 Å². The van der Waals surface area contributed by atoms with Crippen molar-refractivity contribution in [3.05, 3.63) is 39.3 Å². The summed E-state index contributed by atoms with van der Waals surface area (Å²) in [6, 6.07) is 0.806. The Morgan fingerprint density at radius 1 is 1.47 bits per heavy atom. The number of hydrogen-bond acceptors (Lipinski definition) is 6. The highest BCUT2D eigenvalue weighted by Crippen LogP contribution is 2.25. The van der Waals surface area contributed by atoms with Crippen molar-refractivity contribution in [2.75, 3.05) is 0 Å². The molecule has 0 bridgehead atoms. The molecular weight excluding hydrogens is 236 g/mol. The summed E-state index contributed by atoms with van der Waals surface area (Å²) < 4.78 is 0.153. The normalized spacial score (nSPS) is 14.0. The maximum Gasteiger partial charge on any atom is 0.335 e. The summed E-state index contributed by atoms with van der Waals surface area (Å²) in [6.45, 7) is 0. The number of pyridine rings is 1. The molecule has 0 aliphatic carbocycles. The summed E-state index contributed by atoms with van der Waals surface area (Å²) >= 11 is 0. The van der Waals surface area contributed by atoms with Crippen LogP contribution >= 0.6 is 0 Å². The summed E-state index contributed by atoms with van der Waals surface area (Å²) in [6.07, 6.45) is -2.86. The molecule has 1 aromatic rings. The molecule has 3 N–H and O–H groups in total. The molecule has 0 amide bonds.